The van der Waals surface area contributed by atoms with Crippen molar-refractivity contribution < 1.29 is 22.7 Å². The Kier molecular flexibility index (Phi) is 6.20. The summed E-state index contributed by atoms with van der Waals surface area (Å²) in [5.74, 6) is -0.186. The molecule has 0 aliphatic carbocycles. The Morgan fingerprint density at radius 1 is 1.13 bits per heavy atom. The van der Waals surface area contributed by atoms with Gasteiger partial charge in [0.1, 0.15) is 5.75 Å². The minimum absolute atomic E-state index is 0.0332. The molecule has 0 saturated heterocycles. The smallest absolute Gasteiger partial charge is 0.417 e. The number of amides is 1. The first kappa shape index (κ1) is 21.1. The second kappa shape index (κ2) is 8.81. The van der Waals surface area contributed by atoms with Gasteiger partial charge >= 0.3 is 6.18 Å². The molecular weight excluding hydrogens is 399 g/mol. The number of carbonyl (C=O) groups is 1. The van der Waals surface area contributed by atoms with Crippen LogP contribution in [-0.4, -0.2) is 29.1 Å². The van der Waals surface area contributed by atoms with Gasteiger partial charge in [0.05, 0.1) is 30.3 Å². The number of aromatic nitrogens is 2. The first-order valence-electron chi connectivity index (χ1n) is 8.95. The van der Waals surface area contributed by atoms with Crippen LogP contribution in [0, 0.1) is 0 Å². The number of rotatable bonds is 6. The van der Waals surface area contributed by atoms with Gasteiger partial charge in [-0.2, -0.15) is 13.2 Å². The highest BCUT2D eigenvalue weighted by atomic mass is 19.4. The third-order valence-corrected chi connectivity index (χ3v) is 4.38. The molecule has 3 aromatic rings. The molecular formula is C21H18F3N3O3. The average Bonchev–Trinajstić information content (AvgIpc) is 2.74. The van der Waals surface area contributed by atoms with Gasteiger partial charge in [-0.15, -0.1) is 0 Å². The number of alkyl halides is 3. The molecule has 0 fully saturated rings. The van der Waals surface area contributed by atoms with Gasteiger partial charge in [-0.25, -0.2) is 4.98 Å². The largest absolute Gasteiger partial charge is 0.497 e. The number of ether oxygens (including phenoxy) is 1. The Bertz CT molecular complexity index is 1090. The molecule has 1 amide bonds. The van der Waals surface area contributed by atoms with E-state index in [1.54, 1.807) is 31.4 Å². The van der Waals surface area contributed by atoms with Crippen LogP contribution in [0.25, 0.3) is 11.3 Å². The van der Waals surface area contributed by atoms with Gasteiger partial charge in [-0.3, -0.25) is 14.2 Å². The van der Waals surface area contributed by atoms with E-state index in [2.05, 4.69) is 10.3 Å². The maximum absolute atomic E-state index is 13.0. The van der Waals surface area contributed by atoms with Crippen molar-refractivity contribution in [2.75, 3.05) is 13.7 Å². The molecule has 0 unspecified atom stereocenters. The first-order chi connectivity index (χ1) is 14.3. The van der Waals surface area contributed by atoms with Crippen molar-refractivity contribution in [1.29, 1.82) is 0 Å². The van der Waals surface area contributed by atoms with Gasteiger partial charge in [-0.05, 0) is 36.4 Å². The third-order valence-electron chi connectivity index (χ3n) is 4.38. The number of halogens is 3. The molecule has 0 spiro atoms. The number of benzene rings is 2. The fourth-order valence-corrected chi connectivity index (χ4v) is 2.83. The number of methoxy groups -OCH3 is 1. The van der Waals surface area contributed by atoms with Gasteiger partial charge in [0.15, 0.2) is 0 Å². The number of carbonyl (C=O) groups excluding carboxylic acids is 1. The van der Waals surface area contributed by atoms with Crippen molar-refractivity contribution in [1.82, 2.24) is 14.9 Å². The number of hydrogen-bond acceptors (Lipinski definition) is 4. The predicted octanol–water partition coefficient (Wildman–Crippen LogP) is 3.37. The molecule has 1 heterocycles. The maximum atomic E-state index is 13.0. The summed E-state index contributed by atoms with van der Waals surface area (Å²) >= 11 is 0. The van der Waals surface area contributed by atoms with Crippen LogP contribution in [0.4, 0.5) is 13.2 Å². The van der Waals surface area contributed by atoms with Gasteiger partial charge < -0.3 is 10.1 Å². The molecule has 2 aromatic carbocycles. The lowest BCUT2D eigenvalue weighted by atomic mass is 10.1. The molecule has 30 heavy (non-hydrogen) atoms. The summed E-state index contributed by atoms with van der Waals surface area (Å²) in [6, 6.07) is 12.9. The lowest BCUT2D eigenvalue weighted by Gasteiger charge is -2.13. The van der Waals surface area contributed by atoms with Crippen LogP contribution in [-0.2, 0) is 12.7 Å². The highest BCUT2D eigenvalue weighted by Gasteiger charge is 2.34. The van der Waals surface area contributed by atoms with Crippen molar-refractivity contribution in [2.24, 2.45) is 0 Å². The number of hydrogen-bond donors (Lipinski definition) is 1. The van der Waals surface area contributed by atoms with Crippen molar-refractivity contribution in [3.63, 3.8) is 0 Å². The van der Waals surface area contributed by atoms with E-state index in [1.165, 1.54) is 29.1 Å². The van der Waals surface area contributed by atoms with Crippen molar-refractivity contribution in [3.05, 3.63) is 82.4 Å². The molecule has 0 aliphatic rings. The lowest BCUT2D eigenvalue weighted by Crippen LogP contribution is -2.32. The fourth-order valence-electron chi connectivity index (χ4n) is 2.83. The van der Waals surface area contributed by atoms with Crippen LogP contribution in [0.2, 0.25) is 0 Å². The Labute approximate surface area is 170 Å². The van der Waals surface area contributed by atoms with Gasteiger partial charge in [0, 0.05) is 24.7 Å². The predicted molar refractivity (Wildman–Crippen MR) is 104 cm³/mol. The quantitative estimate of drug-likeness (QED) is 0.668. The summed E-state index contributed by atoms with van der Waals surface area (Å²) in [7, 11) is 1.55. The summed E-state index contributed by atoms with van der Waals surface area (Å²) in [5.41, 5.74) is -0.615. The average molecular weight is 417 g/mol. The molecule has 0 bridgehead atoms. The zero-order valence-corrected chi connectivity index (χ0v) is 15.9. The second-order valence-corrected chi connectivity index (χ2v) is 6.33. The van der Waals surface area contributed by atoms with Crippen LogP contribution < -0.4 is 15.6 Å². The molecule has 1 N–H and O–H groups in total. The van der Waals surface area contributed by atoms with E-state index in [1.807, 2.05) is 0 Å². The summed E-state index contributed by atoms with van der Waals surface area (Å²) < 4.78 is 45.4. The van der Waals surface area contributed by atoms with E-state index in [9.17, 15) is 22.8 Å². The van der Waals surface area contributed by atoms with Gasteiger partial charge in [-0.1, -0.05) is 12.1 Å². The minimum Gasteiger partial charge on any atom is -0.497 e. The number of nitrogens with zero attached hydrogens (tertiary/aromatic N) is 2. The Morgan fingerprint density at radius 2 is 1.83 bits per heavy atom. The maximum Gasteiger partial charge on any atom is 0.417 e. The Balaban J connectivity index is 1.65. The SMILES string of the molecule is COc1ccc(-c2cc(=O)n(CCNC(=O)c3ccccc3C(F)(F)F)cn2)cc1. The zero-order valence-electron chi connectivity index (χ0n) is 15.9. The van der Waals surface area contributed by atoms with Crippen molar-refractivity contribution in [3.8, 4) is 17.0 Å². The van der Waals surface area contributed by atoms with Crippen molar-refractivity contribution in [2.45, 2.75) is 12.7 Å². The van der Waals surface area contributed by atoms with E-state index >= 15 is 0 Å². The van der Waals surface area contributed by atoms with E-state index < -0.39 is 23.2 Å². The van der Waals surface area contributed by atoms with Gasteiger partial charge in [0.2, 0.25) is 0 Å². The summed E-state index contributed by atoms with van der Waals surface area (Å²) in [6.07, 6.45) is -3.30. The fraction of sp³-hybridized carbons (Fsp3) is 0.190. The molecule has 0 atom stereocenters. The molecule has 0 saturated carbocycles. The number of nitrogens with one attached hydrogen (secondary N) is 1. The summed E-state index contributed by atoms with van der Waals surface area (Å²) in [6.45, 7) is 0.0309. The van der Waals surface area contributed by atoms with Crippen LogP contribution in [0.5, 0.6) is 5.75 Å². The monoisotopic (exact) mass is 417 g/mol. The van der Waals surface area contributed by atoms with E-state index in [0.29, 0.717) is 11.4 Å². The summed E-state index contributed by atoms with van der Waals surface area (Å²) in [5, 5.41) is 2.41. The molecule has 1 aromatic heterocycles. The first-order valence-corrected chi connectivity index (χ1v) is 8.95. The minimum atomic E-state index is -4.63. The second-order valence-electron chi connectivity index (χ2n) is 6.33. The Hall–Kier alpha value is -3.62. The highest BCUT2D eigenvalue weighted by Crippen LogP contribution is 2.31. The molecule has 156 valence electrons. The lowest BCUT2D eigenvalue weighted by molar-refractivity contribution is -0.137. The molecule has 0 radical (unpaired) electrons. The van der Waals surface area contributed by atoms with Crippen LogP contribution in [0.15, 0.2) is 65.7 Å². The molecule has 6 nitrogen and oxygen atoms in total. The van der Waals surface area contributed by atoms with Crippen LogP contribution in [0.3, 0.4) is 0 Å². The summed E-state index contributed by atoms with van der Waals surface area (Å²) in [4.78, 5) is 28.7. The van der Waals surface area contributed by atoms with Crippen molar-refractivity contribution >= 4 is 5.91 Å². The van der Waals surface area contributed by atoms with Gasteiger partial charge in [0.25, 0.3) is 11.5 Å². The molecule has 3 rings (SSSR count). The normalized spacial score (nSPS) is 11.2. The molecule has 9 heteroatoms. The third kappa shape index (κ3) is 4.86. The Morgan fingerprint density at radius 3 is 2.47 bits per heavy atom. The molecule has 0 aliphatic heterocycles. The van der Waals surface area contributed by atoms with E-state index in [-0.39, 0.29) is 18.6 Å². The van der Waals surface area contributed by atoms with E-state index in [4.69, 9.17) is 4.74 Å². The topological polar surface area (TPSA) is 73.2 Å². The zero-order chi connectivity index (χ0) is 21.7. The van der Waals surface area contributed by atoms with Crippen LogP contribution >= 0.6 is 0 Å². The van der Waals surface area contributed by atoms with E-state index in [0.717, 1.165) is 17.7 Å². The van der Waals surface area contributed by atoms with Crippen LogP contribution in [0.1, 0.15) is 15.9 Å². The standard InChI is InChI=1S/C21H18F3N3O3/c1-30-15-8-6-14(7-9-15)18-12-19(28)27(13-26-18)11-10-25-20(29)16-4-2-3-5-17(16)21(22,23)24/h2-9,12-13H,10-11H2,1H3,(H,25,29). The highest BCUT2D eigenvalue weighted by molar-refractivity contribution is 5.95.